The van der Waals surface area contributed by atoms with Crippen molar-refractivity contribution >= 4 is 13.7 Å². The first-order chi connectivity index (χ1) is 37.0. The summed E-state index contributed by atoms with van der Waals surface area (Å²) in [7, 11) is 1.50. The van der Waals surface area contributed by atoms with Gasteiger partial charge in [-0.25, -0.2) is 4.57 Å². The molecule has 3 unspecified atom stereocenters. The second-order valence-corrected chi connectivity index (χ2v) is 22.1. The number of aliphatic hydroxyl groups is 1. The number of likely N-dealkylation sites (N-methyl/N-ethyl adjacent to an activating group) is 1. The lowest BCUT2D eigenvalue weighted by molar-refractivity contribution is -0.870. The topological polar surface area (TPSA) is 105 Å². The van der Waals surface area contributed by atoms with E-state index in [1.54, 1.807) is 6.08 Å². The van der Waals surface area contributed by atoms with Gasteiger partial charge in [-0.3, -0.25) is 13.8 Å². The van der Waals surface area contributed by atoms with E-state index in [2.05, 4.69) is 165 Å². The van der Waals surface area contributed by atoms with E-state index in [1.807, 2.05) is 27.2 Å². The maximum Gasteiger partial charge on any atom is 0.472 e. The summed E-state index contributed by atoms with van der Waals surface area (Å²) in [5, 5.41) is 13.9. The molecular formula is C67H112N2O6P+. The molecule has 0 aromatic carbocycles. The third-order valence-corrected chi connectivity index (χ3v) is 13.2. The standard InChI is InChI=1S/C67H111N2O6P/c1-6-8-10-12-14-16-18-20-22-24-26-27-28-29-30-31-32-33-34-35-36-37-38-39-40-41-43-45-47-49-51-53-55-57-59-61-67(71)68-65(64-75-76(72,73)74-63-62-69(3,4)5)66(70)60-58-56-54-52-50-48-46-44-42-25-23-21-19-17-15-13-11-9-7-2/h8,10,14,16,20,22,26-27,29-30,32-33,35-36,38-39,41-44,47,49-50,52,58,60,65-66,70H,6-7,9,11-13,15,17-19,21,23-25,28,31,34,37,40,45-46,48,51,53-57,59,61-64H2,1-5H3,(H-,68,71,72,73)/p+1/b10-8-,16-14-,22-20-,27-26-,30-29-,33-32-,36-35-,39-38-,43-41-,44-42+,49-47-,52-50+,60-58+. The molecule has 0 aromatic rings. The lowest BCUT2D eigenvalue weighted by Crippen LogP contribution is -2.45. The van der Waals surface area contributed by atoms with Crippen molar-refractivity contribution in [3.8, 4) is 0 Å². The minimum atomic E-state index is -4.38. The van der Waals surface area contributed by atoms with Crippen molar-refractivity contribution in [2.24, 2.45) is 0 Å². The predicted molar refractivity (Wildman–Crippen MR) is 331 cm³/mol. The Morgan fingerprint density at radius 3 is 1.21 bits per heavy atom. The summed E-state index contributed by atoms with van der Waals surface area (Å²) < 4.78 is 23.7. The Bertz CT molecular complexity index is 1790. The number of hydrogen-bond donors (Lipinski definition) is 3. The van der Waals surface area contributed by atoms with Crippen LogP contribution in [0.5, 0.6) is 0 Å². The number of phosphoric ester groups is 1. The molecule has 8 nitrogen and oxygen atoms in total. The molecule has 0 saturated carbocycles. The van der Waals surface area contributed by atoms with E-state index in [0.717, 1.165) is 122 Å². The molecule has 0 heterocycles. The van der Waals surface area contributed by atoms with Gasteiger partial charge in [-0.15, -0.1) is 0 Å². The Labute approximate surface area is 467 Å². The molecule has 0 bridgehead atoms. The number of carbonyl (C=O) groups is 1. The van der Waals surface area contributed by atoms with Crippen LogP contribution in [0.25, 0.3) is 0 Å². The normalized spacial score (nSPS) is 15.0. The number of phosphoric acid groups is 1. The Morgan fingerprint density at radius 2 is 0.803 bits per heavy atom. The first kappa shape index (κ1) is 72.1. The molecule has 3 atom stereocenters. The van der Waals surface area contributed by atoms with Gasteiger partial charge in [-0.2, -0.15) is 0 Å². The number of allylic oxidation sites excluding steroid dienone is 25. The maximum atomic E-state index is 13.0. The Balaban J connectivity index is 4.34. The van der Waals surface area contributed by atoms with Crippen molar-refractivity contribution in [3.63, 3.8) is 0 Å². The zero-order valence-electron chi connectivity index (χ0n) is 48.9. The Hall–Kier alpha value is -3.88. The van der Waals surface area contributed by atoms with Crippen LogP contribution in [0.2, 0.25) is 0 Å². The molecule has 9 heteroatoms. The zero-order valence-corrected chi connectivity index (χ0v) is 49.8. The van der Waals surface area contributed by atoms with Gasteiger partial charge >= 0.3 is 7.82 Å². The average Bonchev–Trinajstić information content (AvgIpc) is 3.38. The SMILES string of the molecule is CC/C=C\C/C=C\C/C=C\C/C=C\C/C=C\C/C=C\C/C=C\C/C=C\C/C=C\C/C=C\CCCCCCC(=O)NC(COP(=O)(O)OCC[N+](C)(C)C)C(O)/C=C/CC/C=C/CC/C=C/CCCCCCCCCCC. The highest BCUT2D eigenvalue weighted by Crippen LogP contribution is 2.43. The monoisotopic (exact) mass is 1070 g/mol. The van der Waals surface area contributed by atoms with Gasteiger partial charge in [0.05, 0.1) is 39.9 Å². The van der Waals surface area contributed by atoms with E-state index >= 15 is 0 Å². The van der Waals surface area contributed by atoms with Crippen LogP contribution >= 0.6 is 7.82 Å². The van der Waals surface area contributed by atoms with Crippen LogP contribution in [-0.2, 0) is 18.4 Å². The molecule has 0 aromatic heterocycles. The molecule has 3 N–H and O–H groups in total. The second kappa shape index (κ2) is 55.9. The number of rotatable bonds is 52. The molecule has 76 heavy (non-hydrogen) atoms. The molecule has 0 fully saturated rings. The van der Waals surface area contributed by atoms with Crippen LogP contribution in [0.3, 0.4) is 0 Å². The lowest BCUT2D eigenvalue weighted by atomic mass is 10.1. The van der Waals surface area contributed by atoms with E-state index in [1.165, 1.54) is 64.2 Å². The molecule has 0 aliphatic heterocycles. The van der Waals surface area contributed by atoms with Crippen LogP contribution in [0.1, 0.15) is 206 Å². The van der Waals surface area contributed by atoms with Gasteiger partial charge in [0.2, 0.25) is 5.91 Å². The summed E-state index contributed by atoms with van der Waals surface area (Å²) in [6.45, 7) is 4.63. The molecule has 0 aliphatic carbocycles. The highest BCUT2D eigenvalue weighted by Gasteiger charge is 2.27. The fourth-order valence-corrected chi connectivity index (χ4v) is 8.31. The van der Waals surface area contributed by atoms with Crippen molar-refractivity contribution in [3.05, 3.63) is 158 Å². The quantitative estimate of drug-likeness (QED) is 0.0243. The molecule has 430 valence electrons. The molecule has 0 rings (SSSR count). The van der Waals surface area contributed by atoms with Crippen molar-refractivity contribution in [2.75, 3.05) is 40.9 Å². The maximum absolute atomic E-state index is 13.0. The zero-order chi connectivity index (χ0) is 55.6. The number of unbranched alkanes of at least 4 members (excludes halogenated alkanes) is 15. The molecule has 0 saturated heterocycles. The molecule has 0 radical (unpaired) electrons. The number of nitrogens with one attached hydrogen (secondary N) is 1. The van der Waals surface area contributed by atoms with Crippen LogP contribution in [0, 0.1) is 0 Å². The van der Waals surface area contributed by atoms with Gasteiger partial charge in [0.15, 0.2) is 0 Å². The second-order valence-electron chi connectivity index (χ2n) is 20.6. The largest absolute Gasteiger partial charge is 0.472 e. The van der Waals surface area contributed by atoms with E-state index in [0.29, 0.717) is 17.4 Å². The van der Waals surface area contributed by atoms with Gasteiger partial charge in [-0.1, -0.05) is 236 Å². The van der Waals surface area contributed by atoms with E-state index in [9.17, 15) is 19.4 Å². The summed E-state index contributed by atoms with van der Waals surface area (Å²) in [5.41, 5.74) is 0. The summed E-state index contributed by atoms with van der Waals surface area (Å²) in [6, 6.07) is -0.897. The number of nitrogens with zero attached hydrogens (tertiary/aromatic N) is 1. The number of hydrogen-bond acceptors (Lipinski definition) is 5. The van der Waals surface area contributed by atoms with Gasteiger partial charge < -0.3 is 19.8 Å². The molecule has 1 amide bonds. The summed E-state index contributed by atoms with van der Waals surface area (Å²) >= 11 is 0. The Kier molecular flexibility index (Phi) is 53.0. The van der Waals surface area contributed by atoms with E-state index in [4.69, 9.17) is 9.05 Å². The van der Waals surface area contributed by atoms with Gasteiger partial charge in [0, 0.05) is 6.42 Å². The van der Waals surface area contributed by atoms with Crippen molar-refractivity contribution in [2.45, 2.75) is 219 Å². The minimum absolute atomic E-state index is 0.0391. The van der Waals surface area contributed by atoms with Crippen LogP contribution in [0.4, 0.5) is 0 Å². The van der Waals surface area contributed by atoms with E-state index in [-0.39, 0.29) is 19.1 Å². The average molecular weight is 1070 g/mol. The first-order valence-corrected chi connectivity index (χ1v) is 31.4. The third kappa shape index (κ3) is 57.8. The molecular weight excluding hydrogens is 960 g/mol. The van der Waals surface area contributed by atoms with Crippen LogP contribution in [0.15, 0.2) is 158 Å². The fourth-order valence-electron chi connectivity index (χ4n) is 7.57. The number of carbonyl (C=O) groups excluding carboxylic acids is 1. The predicted octanol–water partition coefficient (Wildman–Crippen LogP) is 18.6. The van der Waals surface area contributed by atoms with Crippen LogP contribution < -0.4 is 5.32 Å². The van der Waals surface area contributed by atoms with Crippen molar-refractivity contribution < 1.29 is 32.9 Å². The lowest BCUT2D eigenvalue weighted by Gasteiger charge is -2.25. The van der Waals surface area contributed by atoms with Crippen LogP contribution in [-0.4, -0.2) is 73.4 Å². The van der Waals surface area contributed by atoms with E-state index < -0.39 is 20.0 Å². The summed E-state index contributed by atoms with van der Waals surface area (Å²) in [5.74, 6) is -0.222. The number of amides is 1. The third-order valence-electron chi connectivity index (χ3n) is 12.2. The van der Waals surface area contributed by atoms with Crippen molar-refractivity contribution in [1.82, 2.24) is 5.32 Å². The van der Waals surface area contributed by atoms with Gasteiger partial charge in [-0.05, 0) is 122 Å². The Morgan fingerprint density at radius 1 is 0.461 bits per heavy atom. The number of aliphatic hydroxyl groups excluding tert-OH is 1. The highest BCUT2D eigenvalue weighted by molar-refractivity contribution is 7.47. The highest BCUT2D eigenvalue weighted by atomic mass is 31.2. The van der Waals surface area contributed by atoms with Crippen molar-refractivity contribution in [1.29, 1.82) is 0 Å². The summed E-state index contributed by atoms with van der Waals surface area (Å²) in [4.78, 5) is 23.3. The molecule has 0 spiro atoms. The number of quaternary nitrogens is 1. The smallest absolute Gasteiger partial charge is 0.387 e. The minimum Gasteiger partial charge on any atom is -0.387 e. The van der Waals surface area contributed by atoms with Gasteiger partial charge in [0.1, 0.15) is 13.2 Å². The fraction of sp³-hybridized carbons (Fsp3) is 0.597. The summed E-state index contributed by atoms with van der Waals surface area (Å²) in [6.07, 6.45) is 87.8. The first-order valence-electron chi connectivity index (χ1n) is 29.9. The molecule has 0 aliphatic rings. The van der Waals surface area contributed by atoms with Gasteiger partial charge in [0.25, 0.3) is 0 Å².